The summed E-state index contributed by atoms with van der Waals surface area (Å²) < 4.78 is 8.68. The van der Waals surface area contributed by atoms with Gasteiger partial charge in [-0.3, -0.25) is 0 Å². The van der Waals surface area contributed by atoms with Gasteiger partial charge in [-0.15, -0.1) is 0 Å². The molecule has 1 rings (SSSR count). The SMILES string of the molecule is COC(=O)[C@H]1O[C@H]1C(=O)O. The van der Waals surface area contributed by atoms with Gasteiger partial charge < -0.3 is 14.6 Å². The van der Waals surface area contributed by atoms with Gasteiger partial charge in [-0.1, -0.05) is 0 Å². The number of ether oxygens (including phenoxy) is 2. The number of rotatable bonds is 2. The molecule has 0 radical (unpaired) electrons. The predicted octanol–water partition coefficient (Wildman–Crippen LogP) is -0.989. The van der Waals surface area contributed by atoms with E-state index in [1.807, 2.05) is 0 Å². The number of epoxide rings is 1. The smallest absolute Gasteiger partial charge is 0.338 e. The molecule has 1 heterocycles. The third-order valence-corrected chi connectivity index (χ3v) is 1.17. The van der Waals surface area contributed by atoms with Crippen molar-refractivity contribution < 1.29 is 24.2 Å². The third kappa shape index (κ3) is 1.08. The molecular weight excluding hydrogens is 140 g/mol. The van der Waals surface area contributed by atoms with Crippen LogP contribution in [-0.4, -0.2) is 36.4 Å². The summed E-state index contributed by atoms with van der Waals surface area (Å²) >= 11 is 0. The Labute approximate surface area is 56.5 Å². The molecule has 1 saturated heterocycles. The first-order valence-electron chi connectivity index (χ1n) is 2.63. The fourth-order valence-corrected chi connectivity index (χ4v) is 0.596. The van der Waals surface area contributed by atoms with Crippen LogP contribution in [0.2, 0.25) is 0 Å². The predicted molar refractivity (Wildman–Crippen MR) is 28.3 cm³/mol. The molecule has 0 spiro atoms. The van der Waals surface area contributed by atoms with E-state index >= 15 is 0 Å². The van der Waals surface area contributed by atoms with Gasteiger partial charge in [-0.2, -0.15) is 0 Å². The van der Waals surface area contributed by atoms with Crippen LogP contribution in [0.5, 0.6) is 0 Å². The molecule has 0 aromatic heterocycles. The molecule has 5 heteroatoms. The van der Waals surface area contributed by atoms with Gasteiger partial charge in [0.05, 0.1) is 7.11 Å². The number of esters is 1. The zero-order chi connectivity index (χ0) is 7.72. The van der Waals surface area contributed by atoms with Crippen molar-refractivity contribution in [1.82, 2.24) is 0 Å². The Morgan fingerprint density at radius 1 is 1.50 bits per heavy atom. The molecule has 0 amide bonds. The molecule has 0 aromatic carbocycles. The lowest BCUT2D eigenvalue weighted by atomic mass is 10.3. The molecule has 1 aliphatic heterocycles. The summed E-state index contributed by atoms with van der Waals surface area (Å²) in [6.45, 7) is 0. The topological polar surface area (TPSA) is 76.1 Å². The van der Waals surface area contributed by atoms with E-state index in [1.54, 1.807) is 0 Å². The molecule has 0 aliphatic carbocycles. The van der Waals surface area contributed by atoms with Crippen LogP contribution >= 0.6 is 0 Å². The largest absolute Gasteiger partial charge is 0.479 e. The first-order valence-corrected chi connectivity index (χ1v) is 2.63. The van der Waals surface area contributed by atoms with Crippen LogP contribution in [0.4, 0.5) is 0 Å². The Morgan fingerprint density at radius 3 is 2.40 bits per heavy atom. The van der Waals surface area contributed by atoms with Gasteiger partial charge in [0.2, 0.25) is 0 Å². The molecule has 56 valence electrons. The number of hydrogen-bond acceptors (Lipinski definition) is 4. The maximum absolute atomic E-state index is 10.5. The van der Waals surface area contributed by atoms with Crippen LogP contribution in [-0.2, 0) is 19.1 Å². The second-order valence-corrected chi connectivity index (χ2v) is 1.84. The van der Waals surface area contributed by atoms with Crippen LogP contribution in [0, 0.1) is 0 Å². The van der Waals surface area contributed by atoms with Crippen molar-refractivity contribution in [1.29, 1.82) is 0 Å². The maximum atomic E-state index is 10.5. The summed E-state index contributed by atoms with van der Waals surface area (Å²) in [6.07, 6.45) is -1.88. The van der Waals surface area contributed by atoms with Crippen molar-refractivity contribution in [3.8, 4) is 0 Å². The van der Waals surface area contributed by atoms with E-state index in [-0.39, 0.29) is 0 Å². The molecule has 1 N–H and O–H groups in total. The number of aliphatic carboxylic acids is 1. The van der Waals surface area contributed by atoms with Crippen molar-refractivity contribution in [3.63, 3.8) is 0 Å². The van der Waals surface area contributed by atoms with Gasteiger partial charge in [-0.05, 0) is 0 Å². The lowest BCUT2D eigenvalue weighted by molar-refractivity contribution is -0.143. The quantitative estimate of drug-likeness (QED) is 0.400. The van der Waals surface area contributed by atoms with E-state index in [0.29, 0.717) is 0 Å². The van der Waals surface area contributed by atoms with Crippen LogP contribution in [0.3, 0.4) is 0 Å². The van der Waals surface area contributed by atoms with Gasteiger partial charge in [0.1, 0.15) is 0 Å². The lowest BCUT2D eigenvalue weighted by Crippen LogP contribution is -2.16. The van der Waals surface area contributed by atoms with Crippen molar-refractivity contribution in [2.45, 2.75) is 12.2 Å². The molecular formula is C5H6O5. The fourth-order valence-electron chi connectivity index (χ4n) is 0.596. The van der Waals surface area contributed by atoms with E-state index in [0.717, 1.165) is 0 Å². The number of hydrogen-bond donors (Lipinski definition) is 1. The van der Waals surface area contributed by atoms with Crippen molar-refractivity contribution in [2.75, 3.05) is 7.11 Å². The minimum absolute atomic E-state index is 0.632. The molecule has 5 nitrogen and oxygen atoms in total. The Balaban J connectivity index is 2.38. The zero-order valence-electron chi connectivity index (χ0n) is 5.23. The van der Waals surface area contributed by atoms with Gasteiger partial charge in [0.25, 0.3) is 0 Å². The normalized spacial score (nSPS) is 29.3. The Bertz CT molecular complexity index is 175. The highest BCUT2D eigenvalue weighted by molar-refractivity contribution is 5.88. The average Bonchev–Trinajstić information content (AvgIpc) is 2.64. The van der Waals surface area contributed by atoms with E-state index in [4.69, 9.17) is 5.11 Å². The Kier molecular flexibility index (Phi) is 1.58. The molecule has 2 atom stereocenters. The summed E-state index contributed by atoms with van der Waals surface area (Å²) in [5.41, 5.74) is 0. The molecule has 0 saturated carbocycles. The summed E-state index contributed by atoms with van der Waals surface area (Å²) in [4.78, 5) is 20.5. The Hall–Kier alpha value is -1.10. The van der Waals surface area contributed by atoms with Crippen LogP contribution in [0.1, 0.15) is 0 Å². The molecule has 10 heavy (non-hydrogen) atoms. The van der Waals surface area contributed by atoms with E-state index in [2.05, 4.69) is 9.47 Å². The second-order valence-electron chi connectivity index (χ2n) is 1.84. The number of carboxylic acids is 1. The first-order chi connectivity index (χ1) is 4.66. The minimum atomic E-state index is -1.13. The number of carbonyl (C=O) groups excluding carboxylic acids is 1. The Morgan fingerprint density at radius 2 is 2.10 bits per heavy atom. The molecule has 0 aromatic rings. The minimum Gasteiger partial charge on any atom is -0.479 e. The van der Waals surface area contributed by atoms with E-state index < -0.39 is 24.1 Å². The van der Waals surface area contributed by atoms with Gasteiger partial charge in [0.15, 0.2) is 12.2 Å². The second kappa shape index (κ2) is 2.26. The summed E-state index contributed by atoms with van der Waals surface area (Å²) in [5, 5.41) is 8.24. The number of carboxylic acid groups (broad SMARTS) is 1. The van der Waals surface area contributed by atoms with Gasteiger partial charge >= 0.3 is 11.9 Å². The molecule has 1 aliphatic rings. The van der Waals surface area contributed by atoms with Gasteiger partial charge in [-0.25, -0.2) is 9.59 Å². The van der Waals surface area contributed by atoms with Gasteiger partial charge in [0, 0.05) is 0 Å². The molecule has 0 unspecified atom stereocenters. The maximum Gasteiger partial charge on any atom is 0.338 e. The highest BCUT2D eigenvalue weighted by Crippen LogP contribution is 2.22. The summed E-state index contributed by atoms with van der Waals surface area (Å²) in [7, 11) is 1.18. The fraction of sp³-hybridized carbons (Fsp3) is 0.600. The first kappa shape index (κ1) is 7.01. The zero-order valence-corrected chi connectivity index (χ0v) is 5.23. The molecule has 0 bridgehead atoms. The van der Waals surface area contributed by atoms with Crippen molar-refractivity contribution in [2.24, 2.45) is 0 Å². The number of methoxy groups -OCH3 is 1. The lowest BCUT2D eigenvalue weighted by Gasteiger charge is -1.88. The highest BCUT2D eigenvalue weighted by atomic mass is 16.6. The summed E-state index contributed by atoms with van der Waals surface area (Å²) in [6, 6.07) is 0. The standard InChI is InChI=1S/C5H6O5/c1-9-5(8)3-2(10-3)4(6)7/h2-3H,1H3,(H,6,7)/t2-,3+/m1/s1. The highest BCUT2D eigenvalue weighted by Gasteiger charge is 2.51. The third-order valence-electron chi connectivity index (χ3n) is 1.17. The van der Waals surface area contributed by atoms with E-state index in [9.17, 15) is 9.59 Å². The van der Waals surface area contributed by atoms with Crippen LogP contribution in [0.25, 0.3) is 0 Å². The monoisotopic (exact) mass is 146 g/mol. The van der Waals surface area contributed by atoms with E-state index in [1.165, 1.54) is 7.11 Å². The average molecular weight is 146 g/mol. The summed E-state index contributed by atoms with van der Waals surface area (Å²) in [5.74, 6) is -1.76. The van der Waals surface area contributed by atoms with Crippen molar-refractivity contribution >= 4 is 11.9 Å². The van der Waals surface area contributed by atoms with Crippen LogP contribution in [0.15, 0.2) is 0 Å². The molecule has 1 fully saturated rings. The van der Waals surface area contributed by atoms with Crippen LogP contribution < -0.4 is 0 Å². The van der Waals surface area contributed by atoms with Crippen molar-refractivity contribution in [3.05, 3.63) is 0 Å². The number of carbonyl (C=O) groups is 2.